The van der Waals surface area contributed by atoms with Crippen molar-refractivity contribution in [2.75, 3.05) is 14.2 Å². The third-order valence-corrected chi connectivity index (χ3v) is 4.42. The summed E-state index contributed by atoms with van der Waals surface area (Å²) in [5, 5.41) is 0. The fourth-order valence-corrected chi connectivity index (χ4v) is 2.87. The molecular formula is C18H19N3O2S. The Morgan fingerprint density at radius 2 is 2.00 bits per heavy atom. The van der Waals surface area contributed by atoms with Crippen LogP contribution < -0.4 is 15.2 Å². The largest absolute Gasteiger partial charge is 0.497 e. The molecule has 6 heteroatoms. The number of methoxy groups -OCH3 is 2. The molecule has 1 atom stereocenters. The fraction of sp³-hybridized carbons (Fsp3) is 0.222. The van der Waals surface area contributed by atoms with Crippen molar-refractivity contribution in [3.05, 3.63) is 48.3 Å². The molecule has 3 aromatic rings. The van der Waals surface area contributed by atoms with E-state index < -0.39 is 0 Å². The van der Waals surface area contributed by atoms with E-state index in [1.54, 1.807) is 14.2 Å². The molecule has 124 valence electrons. The van der Waals surface area contributed by atoms with Gasteiger partial charge in [-0.3, -0.25) is 0 Å². The minimum atomic E-state index is -0.136. The number of aromatic nitrogens is 2. The second kappa shape index (κ2) is 6.49. The van der Waals surface area contributed by atoms with Gasteiger partial charge in [0.15, 0.2) is 0 Å². The number of imidazole rings is 1. The van der Waals surface area contributed by atoms with Crippen LogP contribution in [0.2, 0.25) is 0 Å². The van der Waals surface area contributed by atoms with Crippen LogP contribution in [0.1, 0.15) is 18.5 Å². The topological polar surface area (TPSA) is 61.8 Å². The van der Waals surface area contributed by atoms with Gasteiger partial charge >= 0.3 is 0 Å². The highest BCUT2D eigenvalue weighted by atomic mass is 32.1. The Balaban J connectivity index is 2.34. The van der Waals surface area contributed by atoms with Crippen LogP contribution >= 0.6 is 12.2 Å². The van der Waals surface area contributed by atoms with E-state index in [1.165, 1.54) is 0 Å². The van der Waals surface area contributed by atoms with Gasteiger partial charge in [-0.05, 0) is 30.3 Å². The van der Waals surface area contributed by atoms with Gasteiger partial charge in [-0.1, -0.05) is 25.2 Å². The van der Waals surface area contributed by atoms with Crippen LogP contribution in [0.5, 0.6) is 11.5 Å². The normalized spacial score (nSPS) is 12.1. The van der Waals surface area contributed by atoms with Crippen molar-refractivity contribution < 1.29 is 9.47 Å². The summed E-state index contributed by atoms with van der Waals surface area (Å²) in [7, 11) is 3.27. The molecule has 0 spiro atoms. The van der Waals surface area contributed by atoms with Gasteiger partial charge in [-0.2, -0.15) is 0 Å². The van der Waals surface area contributed by atoms with Gasteiger partial charge in [0.05, 0.1) is 30.6 Å². The van der Waals surface area contributed by atoms with Crippen molar-refractivity contribution in [1.82, 2.24) is 9.38 Å². The van der Waals surface area contributed by atoms with Gasteiger partial charge in [0.25, 0.3) is 0 Å². The van der Waals surface area contributed by atoms with E-state index in [0.717, 1.165) is 34.1 Å². The number of benzene rings is 1. The number of nitrogens with two attached hydrogens (primary N) is 1. The molecule has 0 aliphatic rings. The van der Waals surface area contributed by atoms with Crippen molar-refractivity contribution in [3.63, 3.8) is 0 Å². The molecular weight excluding hydrogens is 322 g/mol. The van der Waals surface area contributed by atoms with Crippen LogP contribution in [-0.4, -0.2) is 28.6 Å². The van der Waals surface area contributed by atoms with Crippen molar-refractivity contribution in [1.29, 1.82) is 0 Å². The van der Waals surface area contributed by atoms with Crippen LogP contribution in [0.15, 0.2) is 42.6 Å². The number of hydrogen-bond donors (Lipinski definition) is 1. The standard InChI is InChI=1S/C18H19N3O2S/c1-11(18(19)24)17-16(20-15-6-4-5-9-21(15)17)13-10-12(22-2)7-8-14(13)23-3/h4-11H,1-3H3,(H2,19,24). The number of pyridine rings is 1. The number of thiocarbonyl (C=S) groups is 1. The summed E-state index contributed by atoms with van der Waals surface area (Å²) in [4.78, 5) is 5.20. The third-order valence-electron chi connectivity index (χ3n) is 4.07. The number of nitrogens with zero attached hydrogens (tertiary/aromatic N) is 2. The molecule has 0 aliphatic heterocycles. The van der Waals surface area contributed by atoms with Crippen molar-refractivity contribution in [2.45, 2.75) is 12.8 Å². The summed E-state index contributed by atoms with van der Waals surface area (Å²) in [5.41, 5.74) is 9.33. The first-order chi connectivity index (χ1) is 11.6. The van der Waals surface area contributed by atoms with Crippen LogP contribution in [-0.2, 0) is 0 Å². The van der Waals surface area contributed by atoms with Gasteiger partial charge in [-0.15, -0.1) is 0 Å². The Bertz CT molecular complexity index is 904. The minimum absolute atomic E-state index is 0.136. The number of ether oxygens (including phenoxy) is 2. The first-order valence-electron chi connectivity index (χ1n) is 7.55. The van der Waals surface area contributed by atoms with E-state index in [1.807, 2.05) is 53.9 Å². The Morgan fingerprint density at radius 1 is 1.21 bits per heavy atom. The highest BCUT2D eigenvalue weighted by Gasteiger charge is 2.23. The van der Waals surface area contributed by atoms with Crippen LogP contribution in [0, 0.1) is 0 Å². The molecule has 0 amide bonds. The first-order valence-corrected chi connectivity index (χ1v) is 7.96. The van der Waals surface area contributed by atoms with Crippen LogP contribution in [0.4, 0.5) is 0 Å². The molecule has 1 aromatic carbocycles. The highest BCUT2D eigenvalue weighted by molar-refractivity contribution is 7.80. The van der Waals surface area contributed by atoms with E-state index >= 15 is 0 Å². The molecule has 5 nitrogen and oxygen atoms in total. The molecule has 0 aliphatic carbocycles. The molecule has 1 unspecified atom stereocenters. The van der Waals surface area contributed by atoms with Crippen LogP contribution in [0.3, 0.4) is 0 Å². The maximum atomic E-state index is 5.93. The molecule has 2 N–H and O–H groups in total. The third kappa shape index (κ3) is 2.69. The minimum Gasteiger partial charge on any atom is -0.497 e. The Hall–Kier alpha value is -2.60. The zero-order valence-electron chi connectivity index (χ0n) is 13.8. The van der Waals surface area contributed by atoms with Gasteiger partial charge in [0.2, 0.25) is 0 Å². The van der Waals surface area contributed by atoms with E-state index in [0.29, 0.717) is 4.99 Å². The zero-order valence-corrected chi connectivity index (χ0v) is 14.6. The molecule has 2 heterocycles. The SMILES string of the molecule is COc1ccc(OC)c(-c2nc3ccccn3c2C(C)C(N)=S)c1. The summed E-state index contributed by atoms with van der Waals surface area (Å²) < 4.78 is 12.9. The monoisotopic (exact) mass is 341 g/mol. The quantitative estimate of drug-likeness (QED) is 0.721. The molecule has 0 radical (unpaired) electrons. The van der Waals surface area contributed by atoms with Crippen molar-refractivity contribution in [3.8, 4) is 22.8 Å². The number of hydrogen-bond acceptors (Lipinski definition) is 4. The predicted octanol–water partition coefficient (Wildman–Crippen LogP) is 3.41. The van der Waals surface area contributed by atoms with Crippen LogP contribution in [0.25, 0.3) is 16.9 Å². The lowest BCUT2D eigenvalue weighted by atomic mass is 10.0. The van der Waals surface area contributed by atoms with E-state index in [9.17, 15) is 0 Å². The first kappa shape index (κ1) is 16.3. The van der Waals surface area contributed by atoms with Gasteiger partial charge in [0, 0.05) is 17.7 Å². The molecule has 0 bridgehead atoms. The van der Waals surface area contributed by atoms with Gasteiger partial charge in [0.1, 0.15) is 17.1 Å². The summed E-state index contributed by atoms with van der Waals surface area (Å²) >= 11 is 5.23. The maximum Gasteiger partial charge on any atom is 0.137 e. The fourth-order valence-electron chi connectivity index (χ4n) is 2.76. The summed E-state index contributed by atoms with van der Waals surface area (Å²) in [5.74, 6) is 1.32. The lowest BCUT2D eigenvalue weighted by Gasteiger charge is -2.14. The van der Waals surface area contributed by atoms with Gasteiger partial charge < -0.3 is 19.6 Å². The van der Waals surface area contributed by atoms with Crippen molar-refractivity contribution >= 4 is 22.9 Å². The lowest BCUT2D eigenvalue weighted by molar-refractivity contribution is 0.404. The van der Waals surface area contributed by atoms with Crippen molar-refractivity contribution in [2.24, 2.45) is 5.73 Å². The Morgan fingerprint density at radius 3 is 2.67 bits per heavy atom. The van der Waals surface area contributed by atoms with E-state index in [4.69, 9.17) is 32.4 Å². The highest BCUT2D eigenvalue weighted by Crippen LogP contribution is 2.37. The summed E-state index contributed by atoms with van der Waals surface area (Å²) in [6.07, 6.45) is 1.96. The molecule has 3 rings (SSSR count). The molecule has 0 fully saturated rings. The summed E-state index contributed by atoms with van der Waals surface area (Å²) in [6.45, 7) is 1.98. The second-order valence-electron chi connectivity index (χ2n) is 5.46. The number of rotatable bonds is 5. The average molecular weight is 341 g/mol. The zero-order chi connectivity index (χ0) is 17.3. The molecule has 2 aromatic heterocycles. The lowest BCUT2D eigenvalue weighted by Crippen LogP contribution is -2.18. The Kier molecular flexibility index (Phi) is 4.40. The van der Waals surface area contributed by atoms with Gasteiger partial charge in [-0.25, -0.2) is 4.98 Å². The molecule has 0 saturated heterocycles. The molecule has 0 saturated carbocycles. The second-order valence-corrected chi connectivity index (χ2v) is 5.94. The summed E-state index contributed by atoms with van der Waals surface area (Å²) in [6, 6.07) is 11.5. The number of fused-ring (bicyclic) bond motifs is 1. The van der Waals surface area contributed by atoms with E-state index in [-0.39, 0.29) is 5.92 Å². The smallest absolute Gasteiger partial charge is 0.137 e. The Labute approximate surface area is 146 Å². The molecule has 24 heavy (non-hydrogen) atoms. The van der Waals surface area contributed by atoms with E-state index in [2.05, 4.69) is 0 Å². The maximum absolute atomic E-state index is 5.93. The average Bonchev–Trinajstić information content (AvgIpc) is 2.99. The predicted molar refractivity (Wildman–Crippen MR) is 98.9 cm³/mol.